The first-order valence-corrected chi connectivity index (χ1v) is 9.83. The highest BCUT2D eigenvalue weighted by Gasteiger charge is 2.22. The van der Waals surface area contributed by atoms with E-state index >= 15 is 0 Å². The summed E-state index contributed by atoms with van der Waals surface area (Å²) in [6, 6.07) is 3.49. The summed E-state index contributed by atoms with van der Waals surface area (Å²) in [5.41, 5.74) is 0. The number of ether oxygens (including phenoxy) is 1. The van der Waals surface area contributed by atoms with Gasteiger partial charge < -0.3 is 24.7 Å². The number of amides is 3. The normalized spacial score (nSPS) is 14.9. The molecule has 0 bridgehead atoms. The topological polar surface area (TPSA) is 104 Å². The first-order chi connectivity index (χ1) is 14.1. The molecule has 0 aliphatic carbocycles. The van der Waals surface area contributed by atoms with Crippen LogP contribution in [0.3, 0.4) is 0 Å². The molecule has 1 fully saturated rings. The van der Waals surface area contributed by atoms with Gasteiger partial charge in [0, 0.05) is 65.5 Å². The molecule has 2 rings (SSSR count). The van der Waals surface area contributed by atoms with Crippen LogP contribution in [0.15, 0.2) is 28.9 Å². The summed E-state index contributed by atoms with van der Waals surface area (Å²) in [5, 5.41) is 5.55. The number of hydrogen-bond donors (Lipinski definition) is 2. The van der Waals surface area contributed by atoms with Gasteiger partial charge in [-0.1, -0.05) is 0 Å². The van der Waals surface area contributed by atoms with Crippen LogP contribution < -0.4 is 10.6 Å². The van der Waals surface area contributed by atoms with Crippen LogP contribution in [-0.2, 0) is 19.1 Å². The second-order valence-electron chi connectivity index (χ2n) is 6.74. The first-order valence-electron chi connectivity index (χ1n) is 9.83. The zero-order valence-electron chi connectivity index (χ0n) is 16.9. The first kappa shape index (κ1) is 22.6. The number of nitrogens with one attached hydrogen (secondary N) is 2. The van der Waals surface area contributed by atoms with Crippen molar-refractivity contribution in [1.82, 2.24) is 20.4 Å². The van der Waals surface area contributed by atoms with Gasteiger partial charge in [-0.05, 0) is 24.6 Å². The molecule has 1 aliphatic rings. The monoisotopic (exact) mass is 406 g/mol. The predicted molar refractivity (Wildman–Crippen MR) is 108 cm³/mol. The van der Waals surface area contributed by atoms with E-state index in [9.17, 15) is 14.4 Å². The summed E-state index contributed by atoms with van der Waals surface area (Å²) < 4.78 is 10.1. The van der Waals surface area contributed by atoms with Crippen LogP contribution >= 0.6 is 0 Å². The number of methoxy groups -OCH3 is 1. The van der Waals surface area contributed by atoms with Crippen molar-refractivity contribution in [3.63, 3.8) is 0 Å². The van der Waals surface area contributed by atoms with Crippen molar-refractivity contribution in [2.24, 2.45) is 0 Å². The highest BCUT2D eigenvalue weighted by molar-refractivity contribution is 5.91. The second-order valence-corrected chi connectivity index (χ2v) is 6.74. The van der Waals surface area contributed by atoms with E-state index in [1.165, 1.54) is 12.3 Å². The van der Waals surface area contributed by atoms with E-state index in [4.69, 9.17) is 9.15 Å². The molecule has 0 radical (unpaired) electrons. The van der Waals surface area contributed by atoms with Crippen LogP contribution in [0.1, 0.15) is 18.6 Å². The maximum Gasteiger partial charge on any atom is 0.244 e. The fourth-order valence-corrected chi connectivity index (χ4v) is 2.91. The molecule has 0 aromatic carbocycles. The minimum atomic E-state index is -0.268. The van der Waals surface area contributed by atoms with Crippen LogP contribution in [0.2, 0.25) is 0 Å². The fourth-order valence-electron chi connectivity index (χ4n) is 2.91. The second kappa shape index (κ2) is 12.7. The predicted octanol–water partition coefficient (Wildman–Crippen LogP) is 0.0960. The van der Waals surface area contributed by atoms with Crippen molar-refractivity contribution in [3.05, 3.63) is 30.2 Å². The van der Waals surface area contributed by atoms with E-state index in [0.29, 0.717) is 51.6 Å². The number of hydrogen-bond acceptors (Lipinski definition) is 6. The van der Waals surface area contributed by atoms with E-state index in [1.807, 2.05) is 4.90 Å². The molecular formula is C20H30N4O5. The van der Waals surface area contributed by atoms with E-state index in [1.54, 1.807) is 30.2 Å². The number of rotatable bonds is 11. The quantitative estimate of drug-likeness (QED) is 0.399. The molecule has 3 amide bonds. The Morgan fingerprint density at radius 2 is 1.97 bits per heavy atom. The lowest BCUT2D eigenvalue weighted by molar-refractivity contribution is -0.133. The highest BCUT2D eigenvalue weighted by atomic mass is 16.5. The molecular weight excluding hydrogens is 376 g/mol. The van der Waals surface area contributed by atoms with Crippen LogP contribution in [0.5, 0.6) is 0 Å². The average Bonchev–Trinajstić information content (AvgIpc) is 3.24. The maximum absolute atomic E-state index is 12.3. The molecule has 29 heavy (non-hydrogen) atoms. The lowest BCUT2D eigenvalue weighted by Crippen LogP contribution is -2.51. The van der Waals surface area contributed by atoms with Crippen molar-refractivity contribution in [3.8, 4) is 0 Å². The fraction of sp³-hybridized carbons (Fsp3) is 0.550. The van der Waals surface area contributed by atoms with Gasteiger partial charge in [-0.25, -0.2) is 0 Å². The summed E-state index contributed by atoms with van der Waals surface area (Å²) in [7, 11) is 1.64. The molecule has 9 heteroatoms. The van der Waals surface area contributed by atoms with Crippen molar-refractivity contribution in [2.45, 2.75) is 12.8 Å². The molecule has 1 aromatic heterocycles. The Balaban J connectivity index is 1.57. The molecule has 9 nitrogen and oxygen atoms in total. The summed E-state index contributed by atoms with van der Waals surface area (Å²) >= 11 is 0. The number of nitrogens with zero attached hydrogens (tertiary/aromatic N) is 2. The van der Waals surface area contributed by atoms with Crippen molar-refractivity contribution in [2.75, 3.05) is 59.5 Å². The smallest absolute Gasteiger partial charge is 0.244 e. The van der Waals surface area contributed by atoms with Gasteiger partial charge in [0.2, 0.25) is 17.7 Å². The molecule has 2 heterocycles. The summed E-state index contributed by atoms with van der Waals surface area (Å²) in [4.78, 5) is 39.7. The molecule has 1 saturated heterocycles. The summed E-state index contributed by atoms with van der Waals surface area (Å²) in [6.07, 6.45) is 5.53. The zero-order valence-corrected chi connectivity index (χ0v) is 16.9. The largest absolute Gasteiger partial charge is 0.465 e. The van der Waals surface area contributed by atoms with Crippen LogP contribution in [-0.4, -0.2) is 87.1 Å². The molecule has 1 aromatic rings. The Morgan fingerprint density at radius 1 is 1.17 bits per heavy atom. The Kier molecular flexibility index (Phi) is 9.94. The van der Waals surface area contributed by atoms with E-state index in [-0.39, 0.29) is 30.7 Å². The highest BCUT2D eigenvalue weighted by Crippen LogP contribution is 2.04. The van der Waals surface area contributed by atoms with Gasteiger partial charge in [0.05, 0.1) is 12.8 Å². The van der Waals surface area contributed by atoms with Gasteiger partial charge >= 0.3 is 0 Å². The minimum absolute atomic E-state index is 0.00369. The third-order valence-electron chi connectivity index (χ3n) is 4.52. The third kappa shape index (κ3) is 8.93. The Labute approximate surface area is 171 Å². The van der Waals surface area contributed by atoms with Crippen LogP contribution in [0.4, 0.5) is 0 Å². The lowest BCUT2D eigenvalue weighted by Gasteiger charge is -2.34. The Bertz CT molecular complexity index is 666. The van der Waals surface area contributed by atoms with E-state index < -0.39 is 0 Å². The van der Waals surface area contributed by atoms with Gasteiger partial charge in [-0.15, -0.1) is 0 Å². The Morgan fingerprint density at radius 3 is 2.66 bits per heavy atom. The SMILES string of the molecule is COCCCNC(=O)CN1CCN(C(=O)CCNC(=O)/C=C/c2ccco2)CC1. The molecule has 0 atom stereocenters. The number of carbonyl (C=O) groups excluding carboxylic acids is 3. The molecule has 160 valence electrons. The molecule has 0 unspecified atom stereocenters. The molecule has 0 saturated carbocycles. The standard InChI is InChI=1S/C20H30N4O5/c1-28-14-3-8-21-19(26)16-23-10-12-24(13-11-23)20(27)7-9-22-18(25)6-5-17-4-2-15-29-17/h2,4-6,15H,3,7-14,16H2,1H3,(H,21,26)(H,22,25)/b6-5+. The van der Waals surface area contributed by atoms with Crippen LogP contribution in [0, 0.1) is 0 Å². The van der Waals surface area contributed by atoms with Crippen molar-refractivity contribution in [1.29, 1.82) is 0 Å². The van der Waals surface area contributed by atoms with Crippen molar-refractivity contribution < 1.29 is 23.5 Å². The van der Waals surface area contributed by atoms with Crippen molar-refractivity contribution >= 4 is 23.8 Å². The van der Waals surface area contributed by atoms with E-state index in [0.717, 1.165) is 6.42 Å². The number of carbonyl (C=O) groups is 3. The molecule has 0 spiro atoms. The van der Waals surface area contributed by atoms with Gasteiger partial charge in [0.1, 0.15) is 5.76 Å². The van der Waals surface area contributed by atoms with Gasteiger partial charge in [0.15, 0.2) is 0 Å². The number of piperazine rings is 1. The molecule has 2 N–H and O–H groups in total. The number of furan rings is 1. The third-order valence-corrected chi connectivity index (χ3v) is 4.52. The van der Waals surface area contributed by atoms with Gasteiger partial charge in [0.25, 0.3) is 0 Å². The molecule has 1 aliphatic heterocycles. The van der Waals surface area contributed by atoms with Gasteiger partial charge in [-0.3, -0.25) is 19.3 Å². The maximum atomic E-state index is 12.3. The average molecular weight is 406 g/mol. The summed E-state index contributed by atoms with van der Waals surface area (Å²) in [6.45, 7) is 4.35. The lowest BCUT2D eigenvalue weighted by atomic mass is 10.2. The Hall–Kier alpha value is -2.65. The van der Waals surface area contributed by atoms with E-state index in [2.05, 4.69) is 10.6 Å². The van der Waals surface area contributed by atoms with Crippen LogP contribution in [0.25, 0.3) is 6.08 Å². The minimum Gasteiger partial charge on any atom is -0.465 e. The summed E-state index contributed by atoms with van der Waals surface area (Å²) in [5.74, 6) is 0.323. The van der Waals surface area contributed by atoms with Gasteiger partial charge in [-0.2, -0.15) is 0 Å². The zero-order chi connectivity index (χ0) is 20.9.